The standard InChI is InChI=1S/C17H21N3O2/c1-11-8-9-14-18-12(2)15(17(22)20(14)10-11)19-16(21)13-6-4-3-5-7-13/h8-10,13H,3-7H2,1-2H3,(H,19,21). The van der Waals surface area contributed by atoms with Gasteiger partial charge in [0.1, 0.15) is 11.3 Å². The Labute approximate surface area is 129 Å². The lowest BCUT2D eigenvalue weighted by molar-refractivity contribution is -0.120. The largest absolute Gasteiger partial charge is 0.320 e. The molecular formula is C17H21N3O2. The van der Waals surface area contributed by atoms with Crippen LogP contribution in [0.15, 0.2) is 23.1 Å². The van der Waals surface area contributed by atoms with Gasteiger partial charge in [0.25, 0.3) is 5.56 Å². The molecule has 0 saturated heterocycles. The van der Waals surface area contributed by atoms with Crippen LogP contribution in [-0.4, -0.2) is 15.3 Å². The van der Waals surface area contributed by atoms with Crippen LogP contribution in [-0.2, 0) is 4.79 Å². The molecule has 0 bridgehead atoms. The highest BCUT2D eigenvalue weighted by Crippen LogP contribution is 2.24. The zero-order valence-corrected chi connectivity index (χ0v) is 13.1. The Morgan fingerprint density at radius 2 is 1.95 bits per heavy atom. The molecule has 0 aromatic carbocycles. The SMILES string of the molecule is Cc1ccc2nc(C)c(NC(=O)C3CCCCC3)c(=O)n2c1. The first kappa shape index (κ1) is 14.8. The molecule has 0 radical (unpaired) electrons. The summed E-state index contributed by atoms with van der Waals surface area (Å²) in [5.41, 5.74) is 2.24. The first-order valence-electron chi connectivity index (χ1n) is 7.87. The summed E-state index contributed by atoms with van der Waals surface area (Å²) >= 11 is 0. The number of hydrogen-bond acceptors (Lipinski definition) is 3. The Hall–Kier alpha value is -2.17. The molecule has 1 amide bonds. The van der Waals surface area contributed by atoms with E-state index >= 15 is 0 Å². The van der Waals surface area contributed by atoms with Crippen LogP contribution >= 0.6 is 0 Å². The van der Waals surface area contributed by atoms with E-state index in [4.69, 9.17) is 0 Å². The van der Waals surface area contributed by atoms with Gasteiger partial charge in [0, 0.05) is 12.1 Å². The Morgan fingerprint density at radius 3 is 2.68 bits per heavy atom. The van der Waals surface area contributed by atoms with Gasteiger partial charge in [0.05, 0.1) is 5.69 Å². The van der Waals surface area contributed by atoms with Crippen LogP contribution in [0.25, 0.3) is 5.65 Å². The van der Waals surface area contributed by atoms with Gasteiger partial charge in [0.2, 0.25) is 5.91 Å². The first-order valence-corrected chi connectivity index (χ1v) is 7.87. The molecule has 0 aliphatic heterocycles. The van der Waals surface area contributed by atoms with Crippen LogP contribution in [0.2, 0.25) is 0 Å². The van der Waals surface area contributed by atoms with Gasteiger partial charge < -0.3 is 5.32 Å². The summed E-state index contributed by atoms with van der Waals surface area (Å²) in [6.45, 7) is 3.68. The molecule has 1 saturated carbocycles. The van der Waals surface area contributed by atoms with Crippen molar-refractivity contribution in [3.63, 3.8) is 0 Å². The Morgan fingerprint density at radius 1 is 1.23 bits per heavy atom. The maximum absolute atomic E-state index is 12.6. The van der Waals surface area contributed by atoms with Crippen molar-refractivity contribution in [2.45, 2.75) is 46.0 Å². The van der Waals surface area contributed by atoms with Gasteiger partial charge in [-0.3, -0.25) is 14.0 Å². The molecule has 1 aliphatic rings. The highest BCUT2D eigenvalue weighted by Gasteiger charge is 2.23. The summed E-state index contributed by atoms with van der Waals surface area (Å²) in [7, 11) is 0. The van der Waals surface area contributed by atoms with Crippen molar-refractivity contribution in [2.24, 2.45) is 5.92 Å². The van der Waals surface area contributed by atoms with Crippen molar-refractivity contribution in [3.8, 4) is 0 Å². The maximum atomic E-state index is 12.6. The van der Waals surface area contributed by atoms with Crippen molar-refractivity contribution in [1.29, 1.82) is 0 Å². The molecule has 5 heteroatoms. The Bertz CT molecular complexity index is 773. The third-order valence-electron chi connectivity index (χ3n) is 4.38. The van der Waals surface area contributed by atoms with Crippen LogP contribution in [0.5, 0.6) is 0 Å². The van der Waals surface area contributed by atoms with Crippen LogP contribution in [0, 0.1) is 19.8 Å². The number of hydrogen-bond donors (Lipinski definition) is 1. The van der Waals surface area contributed by atoms with Crippen molar-refractivity contribution < 1.29 is 4.79 Å². The van der Waals surface area contributed by atoms with Gasteiger partial charge in [0.15, 0.2) is 0 Å². The molecule has 0 atom stereocenters. The number of amides is 1. The molecule has 5 nitrogen and oxygen atoms in total. The summed E-state index contributed by atoms with van der Waals surface area (Å²) in [4.78, 5) is 29.4. The predicted molar refractivity (Wildman–Crippen MR) is 86.1 cm³/mol. The lowest BCUT2D eigenvalue weighted by Gasteiger charge is -2.21. The third kappa shape index (κ3) is 2.75. The quantitative estimate of drug-likeness (QED) is 0.927. The van der Waals surface area contributed by atoms with Crippen molar-refractivity contribution in [2.75, 3.05) is 5.32 Å². The third-order valence-corrected chi connectivity index (χ3v) is 4.38. The average molecular weight is 299 g/mol. The molecule has 0 spiro atoms. The fourth-order valence-corrected chi connectivity index (χ4v) is 3.09. The monoisotopic (exact) mass is 299 g/mol. The minimum atomic E-state index is -0.213. The van der Waals surface area contributed by atoms with E-state index in [1.54, 1.807) is 13.1 Å². The number of aromatic nitrogens is 2. The van der Waals surface area contributed by atoms with E-state index in [1.165, 1.54) is 10.8 Å². The topological polar surface area (TPSA) is 63.5 Å². The molecule has 22 heavy (non-hydrogen) atoms. The summed E-state index contributed by atoms with van der Waals surface area (Å²) in [5, 5.41) is 2.83. The van der Waals surface area contributed by atoms with Crippen molar-refractivity contribution in [1.82, 2.24) is 9.38 Å². The van der Waals surface area contributed by atoms with E-state index < -0.39 is 0 Å². The number of rotatable bonds is 2. The zero-order chi connectivity index (χ0) is 15.7. The number of carbonyl (C=O) groups is 1. The summed E-state index contributed by atoms with van der Waals surface area (Å²) in [6, 6.07) is 3.73. The first-order chi connectivity index (χ1) is 10.6. The number of nitrogens with one attached hydrogen (secondary N) is 1. The van der Waals surface area contributed by atoms with Gasteiger partial charge in [-0.05, 0) is 38.3 Å². The molecule has 1 fully saturated rings. The minimum absolute atomic E-state index is 0.0192. The highest BCUT2D eigenvalue weighted by molar-refractivity contribution is 5.93. The second-order valence-corrected chi connectivity index (χ2v) is 6.14. The molecule has 116 valence electrons. The smallest absolute Gasteiger partial charge is 0.281 e. The highest BCUT2D eigenvalue weighted by atomic mass is 16.2. The molecule has 2 heterocycles. The molecule has 1 aliphatic carbocycles. The van der Waals surface area contributed by atoms with E-state index in [-0.39, 0.29) is 17.4 Å². The number of nitrogens with zero attached hydrogens (tertiary/aromatic N) is 2. The lowest BCUT2D eigenvalue weighted by atomic mass is 9.88. The summed E-state index contributed by atoms with van der Waals surface area (Å²) < 4.78 is 1.50. The Kier molecular flexibility index (Phi) is 3.96. The van der Waals surface area contributed by atoms with Gasteiger partial charge in [-0.25, -0.2) is 4.98 Å². The Balaban J connectivity index is 1.96. The molecule has 1 N–H and O–H groups in total. The molecule has 3 rings (SSSR count). The molecule has 2 aromatic heterocycles. The predicted octanol–water partition coefficient (Wildman–Crippen LogP) is 2.83. The van der Waals surface area contributed by atoms with E-state index in [0.717, 1.165) is 31.2 Å². The van der Waals surface area contributed by atoms with Crippen LogP contribution in [0.4, 0.5) is 5.69 Å². The fraction of sp³-hybridized carbons (Fsp3) is 0.471. The zero-order valence-electron chi connectivity index (χ0n) is 13.1. The number of fused-ring (bicyclic) bond motifs is 1. The van der Waals surface area contributed by atoms with E-state index in [1.807, 2.05) is 19.1 Å². The van der Waals surface area contributed by atoms with Gasteiger partial charge in [-0.15, -0.1) is 0 Å². The molecule has 0 unspecified atom stereocenters. The molecule has 2 aromatic rings. The average Bonchev–Trinajstić information content (AvgIpc) is 2.53. The summed E-state index contributed by atoms with van der Waals surface area (Å²) in [6.07, 6.45) is 6.94. The minimum Gasteiger partial charge on any atom is -0.320 e. The summed E-state index contributed by atoms with van der Waals surface area (Å²) in [5.74, 6) is -0.0277. The van der Waals surface area contributed by atoms with Crippen molar-refractivity contribution in [3.05, 3.63) is 39.9 Å². The van der Waals surface area contributed by atoms with Crippen molar-refractivity contribution >= 4 is 17.2 Å². The second kappa shape index (κ2) is 5.91. The van der Waals surface area contributed by atoms with Gasteiger partial charge in [-0.1, -0.05) is 25.3 Å². The normalized spacial score (nSPS) is 15.9. The van der Waals surface area contributed by atoms with E-state index in [2.05, 4.69) is 10.3 Å². The number of aryl methyl sites for hydroxylation is 2. The fourth-order valence-electron chi connectivity index (χ4n) is 3.09. The van der Waals surface area contributed by atoms with Gasteiger partial charge >= 0.3 is 0 Å². The number of pyridine rings is 1. The van der Waals surface area contributed by atoms with Gasteiger partial charge in [-0.2, -0.15) is 0 Å². The maximum Gasteiger partial charge on any atom is 0.281 e. The van der Waals surface area contributed by atoms with Crippen LogP contribution in [0.1, 0.15) is 43.4 Å². The van der Waals surface area contributed by atoms with Crippen LogP contribution in [0.3, 0.4) is 0 Å². The second-order valence-electron chi connectivity index (χ2n) is 6.14. The number of anilines is 1. The molecular weight excluding hydrogens is 278 g/mol. The van der Waals surface area contributed by atoms with E-state index in [9.17, 15) is 9.59 Å². The number of carbonyl (C=O) groups excluding carboxylic acids is 1. The van der Waals surface area contributed by atoms with E-state index in [0.29, 0.717) is 17.0 Å². The van der Waals surface area contributed by atoms with Crippen LogP contribution < -0.4 is 10.9 Å². The lowest BCUT2D eigenvalue weighted by Crippen LogP contribution is -2.30.